The number of hydrogen-bond acceptors (Lipinski definition) is 7. The van der Waals surface area contributed by atoms with Crippen LogP contribution in [-0.4, -0.2) is 49.8 Å². The van der Waals surface area contributed by atoms with E-state index in [1.165, 1.54) is 0 Å². The summed E-state index contributed by atoms with van der Waals surface area (Å²) in [7, 11) is 6.96. The van der Waals surface area contributed by atoms with E-state index < -0.39 is 0 Å². The molecular weight excluding hydrogens is 480 g/mol. The monoisotopic (exact) mass is 508 g/mol. The number of nitriles is 1. The maximum atomic E-state index is 12.7. The van der Waals surface area contributed by atoms with E-state index in [9.17, 15) is 14.9 Å². The van der Waals surface area contributed by atoms with Crippen molar-refractivity contribution in [3.63, 3.8) is 0 Å². The van der Waals surface area contributed by atoms with Gasteiger partial charge in [-0.3, -0.25) is 14.6 Å². The van der Waals surface area contributed by atoms with Gasteiger partial charge in [0.25, 0.3) is 11.5 Å². The number of fused-ring (bicyclic) bond motifs is 2. The minimum Gasteiger partial charge on any atom is -0.497 e. The number of nitrogens with one attached hydrogen (secondary N) is 1. The number of aromatic nitrogens is 2. The highest BCUT2D eigenvalue weighted by molar-refractivity contribution is 5.99. The third-order valence-electron chi connectivity index (χ3n) is 7.13. The van der Waals surface area contributed by atoms with Gasteiger partial charge in [-0.05, 0) is 31.2 Å². The fraction of sp³-hybridized carbons (Fsp3) is 0.241. The van der Waals surface area contributed by atoms with E-state index in [4.69, 9.17) is 4.74 Å². The van der Waals surface area contributed by atoms with Gasteiger partial charge in [-0.15, -0.1) is 0 Å². The Morgan fingerprint density at radius 3 is 2.53 bits per heavy atom. The number of aryl methyl sites for hydroxylation is 2. The van der Waals surface area contributed by atoms with E-state index in [1.54, 1.807) is 44.1 Å². The number of nitrogens with zero attached hydrogens (tertiary/aromatic N) is 5. The lowest BCUT2D eigenvalue weighted by Crippen LogP contribution is -2.37. The van der Waals surface area contributed by atoms with E-state index in [1.807, 2.05) is 44.3 Å². The summed E-state index contributed by atoms with van der Waals surface area (Å²) < 4.78 is 7.25. The molecule has 1 amide bonds. The van der Waals surface area contributed by atoms with Crippen molar-refractivity contribution in [3.8, 4) is 22.9 Å². The number of hydrogen-bond donors (Lipinski definition) is 1. The Hall–Kier alpha value is -4.84. The summed E-state index contributed by atoms with van der Waals surface area (Å²) in [6.45, 7) is 3.24. The fourth-order valence-electron chi connectivity index (χ4n) is 5.00. The molecule has 2 aromatic carbocycles. The Morgan fingerprint density at radius 2 is 1.87 bits per heavy atom. The van der Waals surface area contributed by atoms with Crippen LogP contribution in [0.4, 0.5) is 17.1 Å². The number of likely N-dealkylation sites (N-methyl/N-ethyl adjacent to an activating group) is 1. The normalized spacial score (nSPS) is 12.7. The average molecular weight is 509 g/mol. The molecule has 1 aliphatic heterocycles. The lowest BCUT2D eigenvalue weighted by Gasteiger charge is -2.38. The molecule has 0 bridgehead atoms. The smallest absolute Gasteiger partial charge is 0.269 e. The van der Waals surface area contributed by atoms with Crippen LogP contribution in [-0.2, 0) is 7.05 Å². The van der Waals surface area contributed by atoms with Gasteiger partial charge in [0.1, 0.15) is 11.4 Å². The van der Waals surface area contributed by atoms with Gasteiger partial charge in [-0.2, -0.15) is 5.26 Å². The number of pyridine rings is 2. The summed E-state index contributed by atoms with van der Waals surface area (Å²) in [6, 6.07) is 15.5. The third-order valence-corrected chi connectivity index (χ3v) is 7.13. The molecule has 192 valence electrons. The highest BCUT2D eigenvalue weighted by Crippen LogP contribution is 2.44. The van der Waals surface area contributed by atoms with Crippen LogP contribution in [0.15, 0.2) is 53.5 Å². The van der Waals surface area contributed by atoms with Crippen molar-refractivity contribution >= 4 is 33.9 Å². The summed E-state index contributed by atoms with van der Waals surface area (Å²) in [5.74, 6) is 0.377. The van der Waals surface area contributed by atoms with Crippen molar-refractivity contribution in [1.82, 2.24) is 14.9 Å². The van der Waals surface area contributed by atoms with Crippen LogP contribution < -0.4 is 25.4 Å². The summed E-state index contributed by atoms with van der Waals surface area (Å²) in [5, 5.41) is 13.6. The van der Waals surface area contributed by atoms with Crippen LogP contribution >= 0.6 is 0 Å². The molecular formula is C29H28N6O3. The van der Waals surface area contributed by atoms with Gasteiger partial charge in [0.05, 0.1) is 41.3 Å². The van der Waals surface area contributed by atoms with Crippen molar-refractivity contribution in [3.05, 3.63) is 75.8 Å². The predicted octanol–water partition coefficient (Wildman–Crippen LogP) is 3.74. The van der Waals surface area contributed by atoms with Crippen molar-refractivity contribution in [2.45, 2.75) is 6.92 Å². The number of ether oxygens (including phenoxy) is 1. The molecule has 0 unspecified atom stereocenters. The summed E-state index contributed by atoms with van der Waals surface area (Å²) in [4.78, 5) is 33.2. The Balaban J connectivity index is 1.71. The van der Waals surface area contributed by atoms with Crippen LogP contribution in [0.2, 0.25) is 0 Å². The number of amides is 1. The Morgan fingerprint density at radius 1 is 1.08 bits per heavy atom. The number of carbonyl (C=O) groups is 1. The van der Waals surface area contributed by atoms with Gasteiger partial charge in [-0.25, -0.2) is 0 Å². The number of carbonyl (C=O) groups excluding carboxylic acids is 1. The number of methoxy groups -OCH3 is 1. The maximum Gasteiger partial charge on any atom is 0.269 e. The van der Waals surface area contributed by atoms with Crippen LogP contribution in [0.5, 0.6) is 5.75 Å². The molecule has 0 saturated heterocycles. The SMILES string of the molecule is CNC(=O)c1ccc(-c2cc3c(cc2C#N)N(c2cc(OC)cc4c2cc(C)c(=O)n4C)CCN3C)cn1. The van der Waals surface area contributed by atoms with Crippen LogP contribution in [0.3, 0.4) is 0 Å². The van der Waals surface area contributed by atoms with Crippen LogP contribution in [0.1, 0.15) is 21.6 Å². The summed E-state index contributed by atoms with van der Waals surface area (Å²) >= 11 is 0. The fourth-order valence-corrected chi connectivity index (χ4v) is 5.00. The zero-order chi connectivity index (χ0) is 27.1. The second-order valence-corrected chi connectivity index (χ2v) is 9.35. The lowest BCUT2D eigenvalue weighted by atomic mass is 9.97. The largest absolute Gasteiger partial charge is 0.497 e. The molecule has 0 atom stereocenters. The van der Waals surface area contributed by atoms with Crippen LogP contribution in [0.25, 0.3) is 22.0 Å². The second-order valence-electron chi connectivity index (χ2n) is 9.35. The van der Waals surface area contributed by atoms with Crippen LogP contribution in [0, 0.1) is 18.3 Å². The van der Waals surface area contributed by atoms with Gasteiger partial charge < -0.3 is 24.4 Å². The zero-order valence-electron chi connectivity index (χ0n) is 22.0. The molecule has 0 saturated carbocycles. The molecule has 9 nitrogen and oxygen atoms in total. The molecule has 2 aromatic heterocycles. The predicted molar refractivity (Wildman–Crippen MR) is 149 cm³/mol. The van der Waals surface area contributed by atoms with E-state index in [-0.39, 0.29) is 11.5 Å². The standard InChI is InChI=1S/C29H28N6O3/c1-17-10-22-24(34(4)29(17)37)12-20(38-5)13-25(22)35-9-8-33(3)26-14-21(19(15-30)11-27(26)35)18-6-7-23(32-16-18)28(36)31-2/h6-7,10-14,16H,8-9H2,1-5H3,(H,31,36). The first-order valence-corrected chi connectivity index (χ1v) is 12.2. The number of rotatable bonds is 4. The van der Waals surface area contributed by atoms with Gasteiger partial charge in [0.15, 0.2) is 0 Å². The zero-order valence-corrected chi connectivity index (χ0v) is 22.0. The van der Waals surface area contributed by atoms with E-state index >= 15 is 0 Å². The average Bonchev–Trinajstić information content (AvgIpc) is 2.95. The molecule has 0 aliphatic carbocycles. The van der Waals surface area contributed by atoms with E-state index in [2.05, 4.69) is 26.2 Å². The third kappa shape index (κ3) is 4.00. The summed E-state index contributed by atoms with van der Waals surface area (Å²) in [5.41, 5.74) is 6.41. The van der Waals surface area contributed by atoms with Crippen molar-refractivity contribution in [1.29, 1.82) is 5.26 Å². The minimum absolute atomic E-state index is 0.0528. The Kier molecular flexibility index (Phi) is 6.25. The van der Waals surface area contributed by atoms with Gasteiger partial charge in [0, 0.05) is 74.6 Å². The first-order valence-electron chi connectivity index (χ1n) is 12.2. The quantitative estimate of drug-likeness (QED) is 0.448. The highest BCUT2D eigenvalue weighted by atomic mass is 16.5. The molecule has 5 rings (SSSR count). The minimum atomic E-state index is -0.267. The number of anilines is 3. The highest BCUT2D eigenvalue weighted by Gasteiger charge is 2.26. The van der Waals surface area contributed by atoms with Gasteiger partial charge >= 0.3 is 0 Å². The molecule has 1 aliphatic rings. The first kappa shape index (κ1) is 24.8. The van der Waals surface area contributed by atoms with Crippen molar-refractivity contribution in [2.24, 2.45) is 7.05 Å². The maximum absolute atomic E-state index is 12.7. The summed E-state index contributed by atoms with van der Waals surface area (Å²) in [6.07, 6.45) is 1.62. The van der Waals surface area contributed by atoms with E-state index in [0.29, 0.717) is 29.1 Å². The molecule has 3 heterocycles. The van der Waals surface area contributed by atoms with Gasteiger partial charge in [0.2, 0.25) is 0 Å². The molecule has 0 radical (unpaired) electrons. The van der Waals surface area contributed by atoms with E-state index in [0.717, 1.165) is 45.6 Å². The Bertz CT molecular complexity index is 1680. The molecule has 1 N–H and O–H groups in total. The molecule has 9 heteroatoms. The number of benzene rings is 2. The van der Waals surface area contributed by atoms with Gasteiger partial charge in [-0.1, -0.05) is 6.07 Å². The molecule has 0 fully saturated rings. The second kappa shape index (κ2) is 9.56. The lowest BCUT2D eigenvalue weighted by molar-refractivity contribution is 0.0958. The van der Waals surface area contributed by atoms with Crippen molar-refractivity contribution < 1.29 is 9.53 Å². The Labute approximate surface area is 220 Å². The first-order chi connectivity index (χ1) is 18.3. The molecule has 4 aromatic rings. The molecule has 0 spiro atoms. The van der Waals surface area contributed by atoms with Crippen molar-refractivity contribution in [2.75, 3.05) is 44.1 Å². The topological polar surface area (TPSA) is 103 Å². The molecule has 38 heavy (non-hydrogen) atoms.